The number of hydrogen-bond donors (Lipinski definition) is 0. The van der Waals surface area contributed by atoms with Gasteiger partial charge < -0.3 is 0 Å². The zero-order valence-electron chi connectivity index (χ0n) is 12.4. The molecule has 0 spiro atoms. The third-order valence-electron chi connectivity index (χ3n) is 3.24. The summed E-state index contributed by atoms with van der Waals surface area (Å²) in [6, 6.07) is 9.42. The summed E-state index contributed by atoms with van der Waals surface area (Å²) in [5, 5.41) is 8.82. The molecule has 0 aromatic heterocycles. The van der Waals surface area contributed by atoms with Crippen molar-refractivity contribution in [2.45, 2.75) is 36.7 Å². The van der Waals surface area contributed by atoms with Gasteiger partial charge in [-0.25, -0.2) is 0 Å². The van der Waals surface area contributed by atoms with Crippen LogP contribution in [0.5, 0.6) is 0 Å². The lowest BCUT2D eigenvalue weighted by Crippen LogP contribution is -2.07. The Balaban J connectivity index is 2.46. The Morgan fingerprint density at radius 1 is 1.00 bits per heavy atom. The van der Waals surface area contributed by atoms with Crippen molar-refractivity contribution in [1.82, 2.24) is 0 Å². The highest BCUT2D eigenvalue weighted by atomic mass is 32.2. The molecule has 0 fully saturated rings. The van der Waals surface area contributed by atoms with Crippen molar-refractivity contribution in [2.24, 2.45) is 0 Å². The lowest BCUT2D eigenvalue weighted by Gasteiger charge is -2.13. The van der Waals surface area contributed by atoms with Crippen LogP contribution in [0.1, 0.15) is 27.8 Å². The van der Waals surface area contributed by atoms with Crippen LogP contribution in [0.25, 0.3) is 0 Å². The van der Waals surface area contributed by atoms with Gasteiger partial charge in [-0.05, 0) is 50.1 Å². The average Bonchev–Trinajstić information content (AvgIpc) is 2.41. The van der Waals surface area contributed by atoms with Crippen molar-refractivity contribution in [2.75, 3.05) is 0 Å². The summed E-state index contributed by atoms with van der Waals surface area (Å²) in [4.78, 5) is 1.42. The predicted octanol–water partition coefficient (Wildman–Crippen LogP) is 5.65. The maximum absolute atomic E-state index is 13.0. The first-order valence-corrected chi connectivity index (χ1v) is 7.41. The number of nitrogens with zero attached hydrogens (tertiary/aromatic N) is 1. The van der Waals surface area contributed by atoms with Crippen LogP contribution in [0, 0.1) is 32.1 Å². The van der Waals surface area contributed by atoms with E-state index >= 15 is 0 Å². The molecule has 0 atom stereocenters. The summed E-state index contributed by atoms with van der Waals surface area (Å²) < 4.78 is 39.0. The number of benzene rings is 2. The molecule has 0 saturated heterocycles. The first kappa shape index (κ1) is 16.4. The van der Waals surface area contributed by atoms with Crippen LogP contribution in [0.2, 0.25) is 0 Å². The molecule has 2 aromatic rings. The minimum absolute atomic E-state index is 0.353. The number of rotatable bonds is 2. The number of alkyl halides is 3. The third-order valence-corrected chi connectivity index (χ3v) is 4.58. The van der Waals surface area contributed by atoms with E-state index in [0.717, 1.165) is 27.7 Å². The first-order valence-electron chi connectivity index (χ1n) is 6.59. The SMILES string of the molecule is Cc1cc(C)c(Sc2ccc(C#N)c(C(F)(F)F)c2)c(C)c1. The van der Waals surface area contributed by atoms with E-state index in [4.69, 9.17) is 5.26 Å². The van der Waals surface area contributed by atoms with E-state index in [1.54, 1.807) is 12.1 Å². The van der Waals surface area contributed by atoms with Crippen LogP contribution in [-0.2, 0) is 6.18 Å². The van der Waals surface area contributed by atoms with Crippen molar-refractivity contribution >= 4 is 11.8 Å². The number of hydrogen-bond acceptors (Lipinski definition) is 2. The van der Waals surface area contributed by atoms with E-state index in [1.807, 2.05) is 32.9 Å². The summed E-state index contributed by atoms with van der Waals surface area (Å²) in [5.41, 5.74) is 1.94. The Labute approximate surface area is 131 Å². The highest BCUT2D eigenvalue weighted by molar-refractivity contribution is 7.99. The van der Waals surface area contributed by atoms with Crippen molar-refractivity contribution < 1.29 is 13.2 Å². The molecule has 0 amide bonds. The van der Waals surface area contributed by atoms with Crippen molar-refractivity contribution in [3.05, 3.63) is 58.1 Å². The molecule has 0 aliphatic heterocycles. The molecule has 0 N–H and O–H groups in total. The standard InChI is InChI=1S/C17H14F3NS/c1-10-6-11(2)16(12(3)7-10)22-14-5-4-13(9-21)15(8-14)17(18,19)20/h4-8H,1-3H3. The molecule has 0 bridgehead atoms. The Morgan fingerprint density at radius 3 is 2.09 bits per heavy atom. The molecule has 1 nitrogen and oxygen atoms in total. The monoisotopic (exact) mass is 321 g/mol. The number of nitriles is 1. The van der Waals surface area contributed by atoms with Crippen LogP contribution < -0.4 is 0 Å². The topological polar surface area (TPSA) is 23.8 Å². The van der Waals surface area contributed by atoms with Crippen molar-refractivity contribution in [3.8, 4) is 6.07 Å². The van der Waals surface area contributed by atoms with Gasteiger partial charge in [-0.2, -0.15) is 18.4 Å². The van der Waals surface area contributed by atoms with Gasteiger partial charge in [0.2, 0.25) is 0 Å². The van der Waals surface area contributed by atoms with Gasteiger partial charge in [-0.1, -0.05) is 29.5 Å². The summed E-state index contributed by atoms with van der Waals surface area (Å²) in [7, 11) is 0. The second kappa shape index (κ2) is 6.05. The lowest BCUT2D eigenvalue weighted by atomic mass is 10.1. The molecule has 2 aromatic carbocycles. The van der Waals surface area contributed by atoms with Gasteiger partial charge in [-0.15, -0.1) is 0 Å². The Morgan fingerprint density at radius 2 is 1.59 bits per heavy atom. The quantitative estimate of drug-likeness (QED) is 0.713. The molecule has 114 valence electrons. The average molecular weight is 321 g/mol. The van der Waals surface area contributed by atoms with Gasteiger partial charge in [0.1, 0.15) is 0 Å². The van der Waals surface area contributed by atoms with Crippen LogP contribution >= 0.6 is 11.8 Å². The molecule has 0 aliphatic rings. The van der Waals surface area contributed by atoms with Gasteiger partial charge in [0.25, 0.3) is 0 Å². The van der Waals surface area contributed by atoms with Crippen LogP contribution in [0.4, 0.5) is 13.2 Å². The minimum atomic E-state index is -4.53. The van der Waals surface area contributed by atoms with Crippen LogP contribution in [0.3, 0.4) is 0 Å². The lowest BCUT2D eigenvalue weighted by molar-refractivity contribution is -0.137. The van der Waals surface area contributed by atoms with E-state index in [0.29, 0.717) is 4.90 Å². The molecule has 22 heavy (non-hydrogen) atoms. The van der Waals surface area contributed by atoms with Gasteiger partial charge in [0.05, 0.1) is 17.2 Å². The molecule has 0 heterocycles. The van der Waals surface area contributed by atoms with Crippen molar-refractivity contribution in [1.29, 1.82) is 5.26 Å². The van der Waals surface area contributed by atoms with E-state index in [-0.39, 0.29) is 5.56 Å². The molecule has 2 rings (SSSR count). The van der Waals surface area contributed by atoms with E-state index in [1.165, 1.54) is 17.8 Å². The predicted molar refractivity (Wildman–Crippen MR) is 80.9 cm³/mol. The largest absolute Gasteiger partial charge is 0.417 e. The maximum Gasteiger partial charge on any atom is 0.417 e. The van der Waals surface area contributed by atoms with Crippen LogP contribution in [-0.4, -0.2) is 0 Å². The van der Waals surface area contributed by atoms with Gasteiger partial charge in [-0.3, -0.25) is 0 Å². The highest BCUT2D eigenvalue weighted by Crippen LogP contribution is 2.38. The second-order valence-corrected chi connectivity index (χ2v) is 6.23. The number of aryl methyl sites for hydroxylation is 3. The van der Waals surface area contributed by atoms with E-state index < -0.39 is 11.7 Å². The third kappa shape index (κ3) is 3.45. The summed E-state index contributed by atoms with van der Waals surface area (Å²) in [6.07, 6.45) is -4.53. The molecule has 0 radical (unpaired) electrons. The Bertz CT molecular complexity index is 734. The fourth-order valence-electron chi connectivity index (χ4n) is 2.36. The second-order valence-electron chi connectivity index (χ2n) is 5.15. The van der Waals surface area contributed by atoms with Crippen LogP contribution in [0.15, 0.2) is 40.1 Å². The molecule has 0 saturated carbocycles. The molecular formula is C17H14F3NS. The Hall–Kier alpha value is -1.93. The molecule has 5 heteroatoms. The molecule has 0 aliphatic carbocycles. The number of halogens is 3. The summed E-state index contributed by atoms with van der Waals surface area (Å²) in [6.45, 7) is 5.87. The zero-order valence-corrected chi connectivity index (χ0v) is 13.2. The van der Waals surface area contributed by atoms with Gasteiger partial charge in [0.15, 0.2) is 0 Å². The molecule has 0 unspecified atom stereocenters. The Kier molecular flexibility index (Phi) is 4.52. The zero-order chi connectivity index (χ0) is 16.5. The maximum atomic E-state index is 13.0. The fourth-order valence-corrected chi connectivity index (χ4v) is 3.35. The van der Waals surface area contributed by atoms with Gasteiger partial charge in [0, 0.05) is 9.79 Å². The fraction of sp³-hybridized carbons (Fsp3) is 0.235. The first-order chi connectivity index (χ1) is 10.2. The minimum Gasteiger partial charge on any atom is -0.192 e. The highest BCUT2D eigenvalue weighted by Gasteiger charge is 2.33. The van der Waals surface area contributed by atoms with Gasteiger partial charge >= 0.3 is 6.18 Å². The van der Waals surface area contributed by atoms with E-state index in [2.05, 4.69) is 0 Å². The van der Waals surface area contributed by atoms with Crippen molar-refractivity contribution in [3.63, 3.8) is 0 Å². The summed E-state index contributed by atoms with van der Waals surface area (Å²) in [5.74, 6) is 0. The molecular weight excluding hydrogens is 307 g/mol. The normalized spacial score (nSPS) is 11.3. The van der Waals surface area contributed by atoms with E-state index in [9.17, 15) is 13.2 Å². The smallest absolute Gasteiger partial charge is 0.192 e. The summed E-state index contributed by atoms with van der Waals surface area (Å²) >= 11 is 1.29.